The van der Waals surface area contributed by atoms with Gasteiger partial charge in [-0.1, -0.05) is 28.9 Å². The maximum absolute atomic E-state index is 11.3. The summed E-state index contributed by atoms with van der Waals surface area (Å²) in [6, 6.07) is 10.6. The van der Waals surface area contributed by atoms with Gasteiger partial charge in [0.15, 0.2) is 5.76 Å². The second-order valence-corrected chi connectivity index (χ2v) is 4.79. The van der Waals surface area contributed by atoms with E-state index in [4.69, 9.17) is 16.0 Å². The summed E-state index contributed by atoms with van der Waals surface area (Å²) in [6.45, 7) is 0.369. The van der Waals surface area contributed by atoms with Crippen LogP contribution in [0.15, 0.2) is 47.1 Å². The lowest BCUT2D eigenvalue weighted by Crippen LogP contribution is -2.05. The fourth-order valence-corrected chi connectivity index (χ4v) is 2.11. The molecule has 21 heavy (non-hydrogen) atoms. The zero-order chi connectivity index (χ0) is 14.8. The van der Waals surface area contributed by atoms with Crippen LogP contribution in [0.5, 0.6) is 0 Å². The van der Waals surface area contributed by atoms with Crippen molar-refractivity contribution in [3.63, 3.8) is 0 Å². The van der Waals surface area contributed by atoms with Crippen LogP contribution in [0.4, 0.5) is 0 Å². The highest BCUT2D eigenvalue weighted by molar-refractivity contribution is 6.30. The van der Waals surface area contributed by atoms with Crippen LogP contribution in [-0.4, -0.2) is 26.1 Å². The highest BCUT2D eigenvalue weighted by Crippen LogP contribution is 2.24. The van der Waals surface area contributed by atoms with E-state index >= 15 is 0 Å². The van der Waals surface area contributed by atoms with Gasteiger partial charge in [-0.15, -0.1) is 5.10 Å². The first-order valence-electron chi connectivity index (χ1n) is 6.10. The Labute approximate surface area is 124 Å². The molecule has 0 atom stereocenters. The molecule has 0 amide bonds. The van der Waals surface area contributed by atoms with E-state index in [-0.39, 0.29) is 5.69 Å². The number of aromatic carboxylic acids is 1. The monoisotopic (exact) mass is 303 g/mol. The lowest BCUT2D eigenvalue weighted by Gasteiger charge is -2.05. The number of hydrogen-bond acceptors (Lipinski definition) is 4. The molecule has 7 heteroatoms. The zero-order valence-corrected chi connectivity index (χ0v) is 11.5. The average Bonchev–Trinajstić information content (AvgIpc) is 3.10. The summed E-state index contributed by atoms with van der Waals surface area (Å²) in [5.41, 5.74) is 1.12. The maximum atomic E-state index is 11.3. The molecule has 0 aliphatic rings. The van der Waals surface area contributed by atoms with Crippen LogP contribution in [-0.2, 0) is 6.54 Å². The molecule has 6 nitrogen and oxygen atoms in total. The molecule has 3 rings (SSSR count). The van der Waals surface area contributed by atoms with Crippen LogP contribution in [0.2, 0.25) is 5.02 Å². The van der Waals surface area contributed by atoms with Crippen molar-refractivity contribution < 1.29 is 14.3 Å². The third-order valence-electron chi connectivity index (χ3n) is 2.94. The van der Waals surface area contributed by atoms with Crippen molar-refractivity contribution >= 4 is 17.6 Å². The zero-order valence-electron chi connectivity index (χ0n) is 10.7. The quantitative estimate of drug-likeness (QED) is 0.801. The van der Waals surface area contributed by atoms with E-state index in [0.29, 0.717) is 23.0 Å². The number of halogens is 1. The summed E-state index contributed by atoms with van der Waals surface area (Å²) < 4.78 is 6.77. The van der Waals surface area contributed by atoms with Crippen molar-refractivity contribution in [2.45, 2.75) is 6.54 Å². The molecule has 106 valence electrons. The van der Waals surface area contributed by atoms with Gasteiger partial charge in [0, 0.05) is 5.02 Å². The third-order valence-corrected chi connectivity index (χ3v) is 3.19. The van der Waals surface area contributed by atoms with E-state index in [1.54, 1.807) is 24.3 Å². The molecule has 0 saturated heterocycles. The fourth-order valence-electron chi connectivity index (χ4n) is 1.99. The van der Waals surface area contributed by atoms with Crippen molar-refractivity contribution in [3.8, 4) is 11.5 Å². The highest BCUT2D eigenvalue weighted by Gasteiger charge is 2.22. The van der Waals surface area contributed by atoms with Gasteiger partial charge in [0.05, 0.1) is 12.8 Å². The van der Waals surface area contributed by atoms with E-state index in [2.05, 4.69) is 10.3 Å². The van der Waals surface area contributed by atoms with Crippen LogP contribution < -0.4 is 0 Å². The molecule has 0 aliphatic heterocycles. The normalized spacial score (nSPS) is 10.7. The lowest BCUT2D eigenvalue weighted by atomic mass is 10.2. The Bertz CT molecular complexity index is 763. The number of nitrogens with zero attached hydrogens (tertiary/aromatic N) is 3. The van der Waals surface area contributed by atoms with Gasteiger partial charge in [-0.3, -0.25) is 0 Å². The van der Waals surface area contributed by atoms with Crippen molar-refractivity contribution in [1.82, 2.24) is 15.0 Å². The molecule has 0 bridgehead atoms. The van der Waals surface area contributed by atoms with E-state index in [9.17, 15) is 9.90 Å². The molecule has 1 aromatic carbocycles. The number of carbonyl (C=O) groups is 1. The van der Waals surface area contributed by atoms with Crippen LogP contribution in [0.25, 0.3) is 11.5 Å². The SMILES string of the molecule is O=C(O)c1nnn(Cc2ccc(Cl)cc2)c1-c1ccco1. The summed E-state index contributed by atoms with van der Waals surface area (Å²) in [4.78, 5) is 11.3. The number of hydrogen-bond donors (Lipinski definition) is 1. The Morgan fingerprint density at radius 3 is 2.67 bits per heavy atom. The molecule has 2 heterocycles. The molecule has 0 saturated carbocycles. The standard InChI is InChI=1S/C14H10ClN3O3/c15-10-5-3-9(4-6-10)8-18-13(11-2-1-7-21-11)12(14(19)20)16-17-18/h1-7H,8H2,(H,19,20). The Balaban J connectivity index is 2.03. The lowest BCUT2D eigenvalue weighted by molar-refractivity contribution is 0.0691. The smallest absolute Gasteiger partial charge is 0.358 e. The minimum absolute atomic E-state index is 0.140. The molecular formula is C14H10ClN3O3. The first-order valence-corrected chi connectivity index (χ1v) is 6.48. The first-order chi connectivity index (χ1) is 10.1. The second kappa shape index (κ2) is 5.41. The number of aromatic nitrogens is 3. The Morgan fingerprint density at radius 2 is 2.05 bits per heavy atom. The van der Waals surface area contributed by atoms with Crippen LogP contribution in [0.1, 0.15) is 16.1 Å². The summed E-state index contributed by atoms with van der Waals surface area (Å²) in [5.74, 6) is -0.741. The number of carboxylic acids is 1. The van der Waals surface area contributed by atoms with Gasteiger partial charge < -0.3 is 9.52 Å². The van der Waals surface area contributed by atoms with Crippen molar-refractivity contribution in [1.29, 1.82) is 0 Å². The van der Waals surface area contributed by atoms with Gasteiger partial charge in [-0.2, -0.15) is 0 Å². The molecule has 0 aliphatic carbocycles. The van der Waals surface area contributed by atoms with E-state index in [1.807, 2.05) is 12.1 Å². The van der Waals surface area contributed by atoms with Gasteiger partial charge in [0.2, 0.25) is 5.69 Å². The topological polar surface area (TPSA) is 81.1 Å². The van der Waals surface area contributed by atoms with E-state index in [0.717, 1.165) is 5.56 Å². The van der Waals surface area contributed by atoms with Gasteiger partial charge in [-0.05, 0) is 29.8 Å². The Kier molecular flexibility index (Phi) is 3.45. The molecule has 0 spiro atoms. The van der Waals surface area contributed by atoms with Crippen molar-refractivity contribution in [3.05, 3.63) is 58.9 Å². The summed E-state index contributed by atoms with van der Waals surface area (Å²) >= 11 is 5.85. The predicted molar refractivity (Wildman–Crippen MR) is 75.2 cm³/mol. The van der Waals surface area contributed by atoms with Crippen LogP contribution in [0, 0.1) is 0 Å². The second-order valence-electron chi connectivity index (χ2n) is 4.35. The van der Waals surface area contributed by atoms with E-state index < -0.39 is 5.97 Å². The number of benzene rings is 1. The van der Waals surface area contributed by atoms with Crippen molar-refractivity contribution in [2.24, 2.45) is 0 Å². The minimum Gasteiger partial charge on any atom is -0.476 e. The number of carboxylic acid groups (broad SMARTS) is 1. The van der Waals surface area contributed by atoms with Crippen LogP contribution >= 0.6 is 11.6 Å². The first kappa shape index (κ1) is 13.4. The summed E-state index contributed by atoms with van der Waals surface area (Å²) in [5, 5.41) is 17.5. The highest BCUT2D eigenvalue weighted by atomic mass is 35.5. The number of furan rings is 1. The Morgan fingerprint density at radius 1 is 1.29 bits per heavy atom. The predicted octanol–water partition coefficient (Wildman–Crippen LogP) is 2.94. The van der Waals surface area contributed by atoms with E-state index in [1.165, 1.54) is 10.9 Å². The fraction of sp³-hybridized carbons (Fsp3) is 0.0714. The summed E-state index contributed by atoms with van der Waals surface area (Å²) in [6.07, 6.45) is 1.47. The molecule has 0 fully saturated rings. The van der Waals surface area contributed by atoms with Gasteiger partial charge in [-0.25, -0.2) is 9.48 Å². The third kappa shape index (κ3) is 2.66. The Hall–Kier alpha value is -2.60. The largest absolute Gasteiger partial charge is 0.476 e. The van der Waals surface area contributed by atoms with Crippen molar-refractivity contribution in [2.75, 3.05) is 0 Å². The average molecular weight is 304 g/mol. The molecule has 0 radical (unpaired) electrons. The molecular weight excluding hydrogens is 294 g/mol. The maximum Gasteiger partial charge on any atom is 0.358 e. The van der Waals surface area contributed by atoms with Crippen LogP contribution in [0.3, 0.4) is 0 Å². The molecule has 3 aromatic rings. The minimum atomic E-state index is -1.15. The van der Waals surface area contributed by atoms with Gasteiger partial charge in [0.25, 0.3) is 0 Å². The summed E-state index contributed by atoms with van der Waals surface area (Å²) in [7, 11) is 0. The van der Waals surface area contributed by atoms with Gasteiger partial charge in [0.1, 0.15) is 5.69 Å². The van der Waals surface area contributed by atoms with Gasteiger partial charge >= 0.3 is 5.97 Å². The molecule has 0 unspecified atom stereocenters. The molecule has 2 aromatic heterocycles. The molecule has 1 N–H and O–H groups in total. The number of rotatable bonds is 4.